The average Bonchev–Trinajstić information content (AvgIpc) is 3.30. The van der Waals surface area contributed by atoms with Crippen molar-refractivity contribution in [2.24, 2.45) is 0 Å². The number of fused-ring (bicyclic) bond motifs is 4. The van der Waals surface area contributed by atoms with E-state index in [2.05, 4.69) is 231 Å². The van der Waals surface area contributed by atoms with Crippen LogP contribution in [0.1, 0.15) is 0 Å². The minimum atomic E-state index is 1.20. The first-order chi connectivity index (χ1) is 28.8. The van der Waals surface area contributed by atoms with Crippen molar-refractivity contribution in [3.8, 4) is 66.8 Å². The van der Waals surface area contributed by atoms with Gasteiger partial charge in [-0.05, 0) is 122 Å². The van der Waals surface area contributed by atoms with Crippen molar-refractivity contribution in [3.63, 3.8) is 0 Å². The van der Waals surface area contributed by atoms with Gasteiger partial charge in [-0.25, -0.2) is 0 Å². The molecule has 0 unspecified atom stereocenters. The van der Waals surface area contributed by atoms with Gasteiger partial charge >= 0.3 is 0 Å². The van der Waals surface area contributed by atoms with Crippen LogP contribution < -0.4 is 0 Å². The summed E-state index contributed by atoms with van der Waals surface area (Å²) < 4.78 is 0. The maximum absolute atomic E-state index is 2.46. The summed E-state index contributed by atoms with van der Waals surface area (Å²) in [7, 11) is 0. The van der Waals surface area contributed by atoms with Crippen molar-refractivity contribution >= 4 is 43.1 Å². The van der Waals surface area contributed by atoms with Gasteiger partial charge in [-0.3, -0.25) is 0 Å². The molecule has 0 aliphatic carbocycles. The van der Waals surface area contributed by atoms with Crippen LogP contribution in [-0.2, 0) is 0 Å². The van der Waals surface area contributed by atoms with E-state index in [0.717, 1.165) is 0 Å². The molecular weight excluding hydrogens is 697 g/mol. The van der Waals surface area contributed by atoms with Crippen molar-refractivity contribution in [1.29, 1.82) is 0 Å². The van der Waals surface area contributed by atoms with Gasteiger partial charge in [-0.2, -0.15) is 0 Å². The monoisotopic (exact) mass is 734 g/mol. The molecule has 0 atom stereocenters. The van der Waals surface area contributed by atoms with Crippen molar-refractivity contribution < 1.29 is 0 Å². The lowest BCUT2D eigenvalue weighted by molar-refractivity contribution is 1.58. The molecule has 0 spiro atoms. The fourth-order valence-corrected chi connectivity index (χ4v) is 9.17. The molecule has 58 heavy (non-hydrogen) atoms. The Bertz CT molecular complexity index is 3240. The van der Waals surface area contributed by atoms with E-state index in [4.69, 9.17) is 0 Å². The lowest BCUT2D eigenvalue weighted by Crippen LogP contribution is -1.93. The van der Waals surface area contributed by atoms with Crippen molar-refractivity contribution in [2.75, 3.05) is 0 Å². The molecule has 0 nitrogen and oxygen atoms in total. The summed E-state index contributed by atoms with van der Waals surface area (Å²) in [5.41, 5.74) is 14.7. The molecule has 0 aromatic heterocycles. The highest BCUT2D eigenvalue weighted by atomic mass is 14.2. The Kier molecular flexibility index (Phi) is 8.26. The van der Waals surface area contributed by atoms with Gasteiger partial charge in [0.15, 0.2) is 0 Å². The molecule has 0 saturated heterocycles. The van der Waals surface area contributed by atoms with Crippen molar-refractivity contribution in [2.45, 2.75) is 0 Å². The molecule has 11 aromatic carbocycles. The molecular formula is C58H38. The van der Waals surface area contributed by atoms with E-state index < -0.39 is 0 Å². The third-order valence-corrected chi connectivity index (χ3v) is 11.9. The van der Waals surface area contributed by atoms with E-state index in [9.17, 15) is 0 Å². The maximum Gasteiger partial charge on any atom is -0.00261 e. The second-order valence-corrected chi connectivity index (χ2v) is 15.2. The second kappa shape index (κ2) is 14.2. The predicted octanol–water partition coefficient (Wildman–Crippen LogP) is 16.3. The fourth-order valence-electron chi connectivity index (χ4n) is 9.17. The van der Waals surface area contributed by atoms with Crippen LogP contribution in [-0.4, -0.2) is 0 Å². The van der Waals surface area contributed by atoms with Crippen LogP contribution in [0.2, 0.25) is 0 Å². The Balaban J connectivity index is 1.17. The third-order valence-electron chi connectivity index (χ3n) is 11.9. The predicted molar refractivity (Wildman–Crippen MR) is 249 cm³/mol. The summed E-state index contributed by atoms with van der Waals surface area (Å²) in [5.74, 6) is 0. The van der Waals surface area contributed by atoms with Gasteiger partial charge in [0.1, 0.15) is 0 Å². The van der Waals surface area contributed by atoms with E-state index in [0.29, 0.717) is 0 Å². The zero-order valence-electron chi connectivity index (χ0n) is 31.9. The molecule has 270 valence electrons. The van der Waals surface area contributed by atoms with Crippen molar-refractivity contribution in [3.05, 3.63) is 231 Å². The van der Waals surface area contributed by atoms with E-state index in [1.54, 1.807) is 0 Å². The van der Waals surface area contributed by atoms with Gasteiger partial charge in [0.2, 0.25) is 0 Å². The molecule has 11 rings (SSSR count). The number of hydrogen-bond donors (Lipinski definition) is 0. The van der Waals surface area contributed by atoms with Gasteiger partial charge < -0.3 is 0 Å². The first-order valence-electron chi connectivity index (χ1n) is 20.1. The lowest BCUT2D eigenvalue weighted by atomic mass is 9.83. The fraction of sp³-hybridized carbons (Fsp3) is 0. The lowest BCUT2D eigenvalue weighted by Gasteiger charge is -2.20. The van der Waals surface area contributed by atoms with Crippen LogP contribution in [0.4, 0.5) is 0 Å². The standard InChI is InChI=1S/C58H38/c1-3-15-39(16-4-1)40-29-31-41(32-30-40)45-21-13-22-46(37-45)58-54(49-28-14-20-42-17-7-8-23-48(42)49)36-35-43-33-34-47(38-55(43)58)57-52-26-11-9-24-50(52)56(44-18-5-2-6-19-44)51-25-10-12-27-53(51)57/h1-38H. The Labute approximate surface area is 339 Å². The molecule has 0 aliphatic heterocycles. The minimum Gasteiger partial charge on any atom is -0.0622 e. The van der Waals surface area contributed by atoms with Gasteiger partial charge in [-0.15, -0.1) is 0 Å². The normalized spacial score (nSPS) is 11.4. The highest BCUT2D eigenvalue weighted by Gasteiger charge is 2.19. The summed E-state index contributed by atoms with van der Waals surface area (Å²) in [5, 5.41) is 9.98. The average molecular weight is 735 g/mol. The molecule has 0 saturated carbocycles. The van der Waals surface area contributed by atoms with Crippen LogP contribution in [0.5, 0.6) is 0 Å². The highest BCUT2D eigenvalue weighted by Crippen LogP contribution is 2.47. The zero-order chi connectivity index (χ0) is 38.4. The third kappa shape index (κ3) is 5.78. The summed E-state index contributed by atoms with van der Waals surface area (Å²) in [6.45, 7) is 0. The maximum atomic E-state index is 2.46. The second-order valence-electron chi connectivity index (χ2n) is 15.2. The van der Waals surface area contributed by atoms with Gasteiger partial charge in [0, 0.05) is 0 Å². The molecule has 0 fully saturated rings. The molecule has 0 radical (unpaired) electrons. The Hall–Kier alpha value is -7.54. The Morgan fingerprint density at radius 1 is 0.172 bits per heavy atom. The number of benzene rings is 11. The zero-order valence-corrected chi connectivity index (χ0v) is 31.9. The van der Waals surface area contributed by atoms with Crippen LogP contribution in [0, 0.1) is 0 Å². The molecule has 0 amide bonds. The minimum absolute atomic E-state index is 1.20. The van der Waals surface area contributed by atoms with Crippen LogP contribution in [0.3, 0.4) is 0 Å². The summed E-state index contributed by atoms with van der Waals surface area (Å²) in [6.07, 6.45) is 0. The smallest absolute Gasteiger partial charge is 0.00261 e. The summed E-state index contributed by atoms with van der Waals surface area (Å²) in [4.78, 5) is 0. The summed E-state index contributed by atoms with van der Waals surface area (Å²) in [6, 6.07) is 84.6. The largest absolute Gasteiger partial charge is 0.0622 e. The van der Waals surface area contributed by atoms with Crippen LogP contribution >= 0.6 is 0 Å². The first-order valence-corrected chi connectivity index (χ1v) is 20.1. The quantitative estimate of drug-likeness (QED) is 0.149. The Morgan fingerprint density at radius 3 is 1.26 bits per heavy atom. The van der Waals surface area contributed by atoms with Crippen LogP contribution in [0.15, 0.2) is 231 Å². The molecule has 0 N–H and O–H groups in total. The van der Waals surface area contributed by atoms with E-state index in [-0.39, 0.29) is 0 Å². The Morgan fingerprint density at radius 2 is 0.586 bits per heavy atom. The van der Waals surface area contributed by atoms with E-state index in [1.165, 1.54) is 110 Å². The molecule has 0 heteroatoms. The SMILES string of the molecule is c1ccc(-c2ccc(-c3cccc(-c4c(-c5cccc6ccccc56)ccc5ccc(-c6c7ccccc7c(-c7ccccc7)c7ccccc67)cc45)c3)cc2)cc1. The molecule has 0 heterocycles. The van der Waals surface area contributed by atoms with Gasteiger partial charge in [0.25, 0.3) is 0 Å². The molecule has 0 aliphatic rings. The van der Waals surface area contributed by atoms with Crippen LogP contribution in [0.25, 0.3) is 110 Å². The number of hydrogen-bond acceptors (Lipinski definition) is 0. The topological polar surface area (TPSA) is 0 Å². The number of rotatable bonds is 6. The van der Waals surface area contributed by atoms with E-state index in [1.807, 2.05) is 0 Å². The summed E-state index contributed by atoms with van der Waals surface area (Å²) >= 11 is 0. The molecule has 11 aromatic rings. The first kappa shape index (κ1) is 33.8. The van der Waals surface area contributed by atoms with Gasteiger partial charge in [-0.1, -0.05) is 218 Å². The molecule has 0 bridgehead atoms. The van der Waals surface area contributed by atoms with Gasteiger partial charge in [0.05, 0.1) is 0 Å². The van der Waals surface area contributed by atoms with Crippen molar-refractivity contribution in [1.82, 2.24) is 0 Å². The highest BCUT2D eigenvalue weighted by molar-refractivity contribution is 6.22. The van der Waals surface area contributed by atoms with E-state index >= 15 is 0 Å².